The zero-order valence-electron chi connectivity index (χ0n) is 18.8. The first-order valence-electron chi connectivity index (χ1n) is 10.0. The van der Waals surface area contributed by atoms with Crippen LogP contribution in [0.3, 0.4) is 0 Å². The van der Waals surface area contributed by atoms with Gasteiger partial charge in [-0.2, -0.15) is 0 Å². The number of carbonyl (C=O) groups is 1. The Hall–Kier alpha value is -2.98. The summed E-state index contributed by atoms with van der Waals surface area (Å²) < 4.78 is 9.40. The maximum Gasteiger partial charge on any atom is 0.243 e. The number of hydrogen-bond acceptors (Lipinski definition) is 7. The van der Waals surface area contributed by atoms with Crippen molar-refractivity contribution < 1.29 is 24.1 Å². The Labute approximate surface area is 204 Å². The van der Waals surface area contributed by atoms with E-state index in [0.29, 0.717) is 6.04 Å². The summed E-state index contributed by atoms with van der Waals surface area (Å²) in [6.07, 6.45) is 15.3. The molecule has 2 rings (SSSR count). The van der Waals surface area contributed by atoms with Gasteiger partial charge in [0.2, 0.25) is 18.6 Å². The van der Waals surface area contributed by atoms with Crippen LogP contribution in [0, 0.1) is 36.6 Å². The molecule has 0 aliphatic heterocycles. The second kappa shape index (κ2) is 16.6. The molecule has 0 saturated carbocycles. The first kappa shape index (κ1) is 30.0. The van der Waals surface area contributed by atoms with Crippen LogP contribution in [-0.2, 0) is 25.4 Å². The number of halogens is 1. The molecular formula is C18H30IN7O7. The molecule has 0 bridgehead atoms. The Kier molecular flexibility index (Phi) is 15.1. The fraction of sp³-hybridized carbons (Fsp3) is 0.611. The number of rotatable bonds is 10. The minimum Gasteiger partial charge on any atom is -0.356 e. The van der Waals surface area contributed by atoms with E-state index >= 15 is 0 Å². The third-order valence-corrected chi connectivity index (χ3v) is 5.48. The van der Waals surface area contributed by atoms with E-state index in [1.807, 2.05) is 14.1 Å². The maximum absolute atomic E-state index is 12.4. The topological polar surface area (TPSA) is 179 Å². The molecule has 1 N–H and O–H groups in total. The van der Waals surface area contributed by atoms with Gasteiger partial charge < -0.3 is 36.0 Å². The number of aryl methyl sites for hydroxylation is 3. The summed E-state index contributed by atoms with van der Waals surface area (Å²) in [6.45, 7) is 3.78. The second-order valence-electron chi connectivity index (χ2n) is 7.11. The molecule has 15 heteroatoms. The molecule has 0 aliphatic carbocycles. The summed E-state index contributed by atoms with van der Waals surface area (Å²) in [7, 11) is 4.06. The van der Waals surface area contributed by atoms with E-state index in [-0.39, 0.29) is 11.8 Å². The molecule has 0 radical (unpaired) electrons. The van der Waals surface area contributed by atoms with E-state index in [9.17, 15) is 4.79 Å². The van der Waals surface area contributed by atoms with Crippen molar-refractivity contribution in [2.24, 2.45) is 20.0 Å². The zero-order valence-corrected chi connectivity index (χ0v) is 20.9. The molecule has 2 unspecified atom stereocenters. The van der Waals surface area contributed by atoms with Gasteiger partial charge in [0.15, 0.2) is 0 Å². The van der Waals surface area contributed by atoms with Crippen LogP contribution >= 0.6 is 22.6 Å². The van der Waals surface area contributed by atoms with Crippen molar-refractivity contribution in [1.82, 2.24) is 14.5 Å². The highest BCUT2D eigenvalue weighted by Gasteiger charge is 2.26. The van der Waals surface area contributed by atoms with Crippen LogP contribution in [0.25, 0.3) is 0 Å². The Morgan fingerprint density at radius 1 is 1.06 bits per heavy atom. The van der Waals surface area contributed by atoms with Gasteiger partial charge in [-0.1, -0.05) is 29.5 Å². The molecule has 14 nitrogen and oxygen atoms in total. The van der Waals surface area contributed by atoms with Gasteiger partial charge in [-0.15, -0.1) is 0 Å². The molecule has 1 amide bonds. The van der Waals surface area contributed by atoms with Gasteiger partial charge in [0.1, 0.15) is 30.8 Å². The summed E-state index contributed by atoms with van der Waals surface area (Å²) in [5.74, 6) is 0.232. The Morgan fingerprint density at radius 3 is 2.03 bits per heavy atom. The van der Waals surface area contributed by atoms with Gasteiger partial charge in [0.25, 0.3) is 0 Å². The second-order valence-corrected chi connectivity index (χ2v) is 7.99. The average Bonchev–Trinajstić information content (AvgIpc) is 3.33. The highest BCUT2D eigenvalue weighted by Crippen LogP contribution is 2.23. The van der Waals surface area contributed by atoms with Crippen molar-refractivity contribution in [3.05, 3.63) is 68.1 Å². The van der Waals surface area contributed by atoms with E-state index < -0.39 is 10.2 Å². The summed E-state index contributed by atoms with van der Waals surface area (Å²) in [5.41, 5.74) is 0. The molecule has 2 atom stereocenters. The Bertz CT molecular complexity index is 839. The van der Waals surface area contributed by atoms with Crippen LogP contribution in [0.5, 0.6) is 0 Å². The summed E-state index contributed by atoms with van der Waals surface area (Å²) in [6, 6.07) is 0.307. The average molecular weight is 583 g/mol. The van der Waals surface area contributed by atoms with Gasteiger partial charge in [0, 0.05) is 23.8 Å². The number of alkyl halides is 1. The Morgan fingerprint density at radius 2 is 1.61 bits per heavy atom. The maximum atomic E-state index is 12.4. The molecule has 0 saturated heterocycles. The lowest BCUT2D eigenvalue weighted by molar-refractivity contribution is -0.671. The van der Waals surface area contributed by atoms with Crippen molar-refractivity contribution in [3.63, 3.8) is 0 Å². The van der Waals surface area contributed by atoms with Gasteiger partial charge in [-0.25, -0.2) is 18.3 Å². The third kappa shape index (κ3) is 14.7. The summed E-state index contributed by atoms with van der Waals surface area (Å²) in [5, 5.41) is 32.6. The molecule has 0 aromatic carbocycles. The fourth-order valence-electron chi connectivity index (χ4n) is 2.97. The lowest BCUT2D eigenvalue weighted by Crippen LogP contribution is -2.34. The number of nitrogens with one attached hydrogen (secondary N) is 1. The smallest absolute Gasteiger partial charge is 0.243 e. The fourth-order valence-corrected chi connectivity index (χ4v) is 3.73. The minimum absolute atomic E-state index is 0.0469. The van der Waals surface area contributed by atoms with Crippen molar-refractivity contribution in [2.45, 2.75) is 38.8 Å². The van der Waals surface area contributed by atoms with Crippen LogP contribution in [-0.4, -0.2) is 36.2 Å². The van der Waals surface area contributed by atoms with Crippen molar-refractivity contribution in [3.8, 4) is 0 Å². The molecule has 2 aromatic rings. The Balaban J connectivity index is 0.00000111. The standard InChI is InChI=1S/C18H29IN5O.2NO3/c1-4-6-20-18(25)16(13-19)12-17(24-11-9-22(3)15-24)5-7-23-10-8-21(2)14-23;2*2-1(3)4/h8-11,14-17H,4-7,12-13H2,1-3H3;;/q+1;2*-1/p+1. The number of carbonyl (C=O) groups excluding carboxylic acids is 1. The van der Waals surface area contributed by atoms with Gasteiger partial charge >= 0.3 is 0 Å². The molecule has 0 fully saturated rings. The van der Waals surface area contributed by atoms with E-state index in [2.05, 4.69) is 90.5 Å². The summed E-state index contributed by atoms with van der Waals surface area (Å²) in [4.78, 5) is 28.9. The van der Waals surface area contributed by atoms with Crippen LogP contribution in [0.4, 0.5) is 0 Å². The van der Waals surface area contributed by atoms with Crippen LogP contribution in [0.15, 0.2) is 37.4 Å². The number of aromatic nitrogens is 4. The van der Waals surface area contributed by atoms with Crippen molar-refractivity contribution in [2.75, 3.05) is 11.0 Å². The number of hydrogen-bond donors (Lipinski definition) is 1. The summed E-state index contributed by atoms with van der Waals surface area (Å²) >= 11 is 2.33. The van der Waals surface area contributed by atoms with E-state index in [4.69, 9.17) is 30.6 Å². The number of amides is 1. The molecule has 33 heavy (non-hydrogen) atoms. The zero-order chi connectivity index (χ0) is 25.4. The van der Waals surface area contributed by atoms with Gasteiger partial charge in [-0.3, -0.25) is 4.79 Å². The van der Waals surface area contributed by atoms with Crippen LogP contribution in [0.1, 0.15) is 32.2 Å². The molecule has 0 spiro atoms. The first-order valence-corrected chi connectivity index (χ1v) is 11.5. The van der Waals surface area contributed by atoms with E-state index in [1.165, 1.54) is 0 Å². The first-order chi connectivity index (χ1) is 15.5. The van der Waals surface area contributed by atoms with Gasteiger partial charge in [-0.05, 0) is 6.42 Å². The molecule has 2 heterocycles. The minimum atomic E-state index is -1.75. The molecule has 2 aromatic heterocycles. The predicted molar refractivity (Wildman–Crippen MR) is 126 cm³/mol. The quantitative estimate of drug-likeness (QED) is 0.143. The molecule has 0 aliphatic rings. The highest BCUT2D eigenvalue weighted by atomic mass is 127. The van der Waals surface area contributed by atoms with Gasteiger partial charge in [0.05, 0.1) is 36.7 Å². The normalized spacial score (nSPS) is 11.8. The third-order valence-electron chi connectivity index (χ3n) is 4.42. The molecule has 186 valence electrons. The van der Waals surface area contributed by atoms with Crippen LogP contribution < -0.4 is 14.5 Å². The predicted octanol–water partition coefficient (Wildman–Crippen LogP) is 1.06. The van der Waals surface area contributed by atoms with Crippen molar-refractivity contribution >= 4 is 28.5 Å². The molecular weight excluding hydrogens is 553 g/mol. The monoisotopic (exact) mass is 583 g/mol. The number of imidazole rings is 2. The lowest BCUT2D eigenvalue weighted by atomic mass is 9.98. The largest absolute Gasteiger partial charge is 0.356 e. The SMILES string of the molecule is CCCNC(=O)C(CI)CC(CCn1cc[n+](C)c1)n1cc[n+](C)c1.O=[N+]([O-])[O-].O=[N+]([O-])[O-]. The number of nitrogens with zero attached hydrogens (tertiary/aromatic N) is 6. The highest BCUT2D eigenvalue weighted by molar-refractivity contribution is 14.1. The van der Waals surface area contributed by atoms with Crippen LogP contribution in [0.2, 0.25) is 0 Å². The lowest BCUT2D eigenvalue weighted by Gasteiger charge is -2.19. The van der Waals surface area contributed by atoms with E-state index in [0.717, 1.165) is 36.8 Å². The van der Waals surface area contributed by atoms with E-state index in [1.54, 1.807) is 0 Å². The van der Waals surface area contributed by atoms with Crippen molar-refractivity contribution in [1.29, 1.82) is 0 Å².